The number of hydrogen-bond donors (Lipinski definition) is 0. The van der Waals surface area contributed by atoms with Gasteiger partial charge in [-0.25, -0.2) is 22.9 Å². The quantitative estimate of drug-likeness (QED) is 0.0775. The highest BCUT2D eigenvalue weighted by atomic mass is 28.3. The van der Waals surface area contributed by atoms with Crippen LogP contribution in [0.25, 0.3) is 32.9 Å². The number of pyridine rings is 1. The van der Waals surface area contributed by atoms with Crippen LogP contribution in [0.1, 0.15) is 119 Å². The number of ether oxygens (including phenoxy) is 4. The molecule has 2 bridgehead atoms. The van der Waals surface area contributed by atoms with Crippen LogP contribution >= 0.6 is 0 Å². The Balaban J connectivity index is 1.21. The van der Waals surface area contributed by atoms with Crippen LogP contribution in [-0.2, 0) is 15.9 Å². The second kappa shape index (κ2) is 18.6. The van der Waals surface area contributed by atoms with E-state index in [1.165, 1.54) is 13.2 Å². The molecule has 5 aliphatic rings. The van der Waals surface area contributed by atoms with Crippen LogP contribution in [0.15, 0.2) is 24.3 Å². The molecule has 0 N–H and O–H groups in total. The molecule has 3 saturated heterocycles. The van der Waals surface area contributed by atoms with Gasteiger partial charge in [-0.2, -0.15) is 9.97 Å². The second-order valence-electron chi connectivity index (χ2n) is 22.2. The molecule has 4 fully saturated rings. The van der Waals surface area contributed by atoms with Crippen molar-refractivity contribution < 1.29 is 36.9 Å². The molecule has 6 heterocycles. The number of aryl methyl sites for hydroxylation is 1. The Morgan fingerprint density at radius 3 is 2.35 bits per heavy atom. The number of amides is 1. The molecule has 1 saturated carbocycles. The molecule has 1 amide bonds. The lowest BCUT2D eigenvalue weighted by atomic mass is 9.95. The van der Waals surface area contributed by atoms with Crippen LogP contribution in [0.3, 0.4) is 0 Å². The number of piperidine rings is 1. The Kier molecular flexibility index (Phi) is 13.2. The van der Waals surface area contributed by atoms with Gasteiger partial charge in [0.15, 0.2) is 12.6 Å². The average molecular weight is 955 g/mol. The van der Waals surface area contributed by atoms with Crippen molar-refractivity contribution in [2.24, 2.45) is 5.41 Å². The van der Waals surface area contributed by atoms with Crippen LogP contribution < -0.4 is 14.4 Å². The van der Waals surface area contributed by atoms with Crippen molar-refractivity contribution in [1.29, 1.82) is 0 Å². The van der Waals surface area contributed by atoms with Crippen molar-refractivity contribution in [2.45, 2.75) is 160 Å². The number of likely N-dealkylation sites (tertiary alicyclic amines) is 1. The number of alkyl halides is 1. The Hall–Kier alpha value is -4.65. The van der Waals surface area contributed by atoms with Crippen LogP contribution in [0.2, 0.25) is 16.6 Å². The first-order valence-corrected chi connectivity index (χ1v) is 27.1. The van der Waals surface area contributed by atoms with E-state index in [0.717, 1.165) is 38.6 Å². The van der Waals surface area contributed by atoms with Gasteiger partial charge >= 0.3 is 12.1 Å². The monoisotopic (exact) mass is 955 g/mol. The number of nitrogens with zero attached hydrogens (tertiary/aromatic N) is 6. The van der Waals surface area contributed by atoms with Crippen molar-refractivity contribution in [3.63, 3.8) is 0 Å². The van der Waals surface area contributed by atoms with Gasteiger partial charge in [-0.05, 0) is 119 Å². The lowest BCUT2D eigenvalue weighted by Crippen LogP contribution is -2.62. The lowest BCUT2D eigenvalue weighted by Gasteiger charge is -2.47. The largest absolute Gasteiger partial charge is 0.468 e. The van der Waals surface area contributed by atoms with Crippen molar-refractivity contribution in [3.05, 3.63) is 47.2 Å². The van der Waals surface area contributed by atoms with Crippen LogP contribution in [-0.4, -0.2) is 116 Å². The van der Waals surface area contributed by atoms with Gasteiger partial charge in [0.1, 0.15) is 48.4 Å². The molecule has 4 aliphatic heterocycles. The fourth-order valence-corrected chi connectivity index (χ4v) is 17.5. The minimum absolute atomic E-state index is 0.00832. The number of carbonyl (C=O) groups excluding carboxylic acids is 1. The first kappa shape index (κ1) is 48.4. The van der Waals surface area contributed by atoms with Gasteiger partial charge in [-0.15, -0.1) is 5.54 Å². The standard InChI is InChI=1S/C53H69F3N6O5Si/c1-31(2)68(32(3)4,33(5)6)23-19-38-40(55)15-13-34-24-37(66-30-64-10)25-39(44(34)38)47-46(56)48-45-41(57-47)16-18-42-43-17-14-36(62(43)51(63)67-52(7,8)9)27-61(42)49(45)59-50(58-48)65-29-53(20-21-53)28-60-22-11-12-35(54)26-60/h13,15,24-25,31-33,35-36,42-43H,11-12,14,16-18,20-22,26-30H2,1-10H3/t35-,36-,42-,43+/m1/s1. The van der Waals surface area contributed by atoms with E-state index in [1.54, 1.807) is 18.2 Å². The summed E-state index contributed by atoms with van der Waals surface area (Å²) in [6.07, 6.45) is 4.73. The summed E-state index contributed by atoms with van der Waals surface area (Å²) in [7, 11) is -0.816. The Morgan fingerprint density at radius 1 is 0.926 bits per heavy atom. The minimum Gasteiger partial charge on any atom is -0.468 e. The fraction of sp³-hybridized carbons (Fsp3) is 0.623. The maximum Gasteiger partial charge on any atom is 0.410 e. The highest BCUT2D eigenvalue weighted by Crippen LogP contribution is 2.49. The van der Waals surface area contributed by atoms with E-state index >= 15 is 8.78 Å². The first-order valence-electron chi connectivity index (χ1n) is 24.9. The molecule has 4 atom stereocenters. The SMILES string of the molecule is COCOc1cc(-c2nc3c4c(nc(OCC5(CN6CCC[C@@H](F)C6)CC5)nc4c2F)N2C[C@H]4CC[C@@H]([C@H]2CC3)N4C(=O)OC(C)(C)C)c2c(C#C[Si](C(C)C)(C(C)C)C(C)C)c(F)ccc2c1. The van der Waals surface area contributed by atoms with Crippen molar-refractivity contribution in [3.8, 4) is 34.5 Å². The number of halogens is 3. The number of hydrogen-bond acceptors (Lipinski definition) is 10. The molecule has 68 heavy (non-hydrogen) atoms. The van der Waals surface area contributed by atoms with Crippen molar-refractivity contribution in [2.75, 3.05) is 51.6 Å². The zero-order chi connectivity index (χ0) is 48.4. The van der Waals surface area contributed by atoms with Crippen LogP contribution in [0.4, 0.5) is 23.8 Å². The molecule has 9 rings (SSSR count). The van der Waals surface area contributed by atoms with Gasteiger partial charge in [-0.1, -0.05) is 53.5 Å². The van der Waals surface area contributed by atoms with E-state index in [4.69, 9.17) is 33.9 Å². The maximum atomic E-state index is 18.2. The topological polar surface area (TPSA) is 102 Å². The molecule has 0 spiro atoms. The van der Waals surface area contributed by atoms with E-state index in [1.807, 2.05) is 25.7 Å². The summed E-state index contributed by atoms with van der Waals surface area (Å²) in [5.41, 5.74) is 4.94. The number of aromatic nitrogens is 3. The molecule has 0 unspecified atom stereocenters. The molecule has 366 valence electrons. The number of benzene rings is 2. The highest BCUT2D eigenvalue weighted by molar-refractivity contribution is 6.90. The van der Waals surface area contributed by atoms with Gasteiger partial charge in [0.2, 0.25) is 0 Å². The van der Waals surface area contributed by atoms with E-state index in [9.17, 15) is 9.18 Å². The Labute approximate surface area is 400 Å². The third-order valence-electron chi connectivity index (χ3n) is 15.6. The maximum absolute atomic E-state index is 18.2. The summed E-state index contributed by atoms with van der Waals surface area (Å²) >= 11 is 0. The number of fused-ring (bicyclic) bond motifs is 6. The first-order chi connectivity index (χ1) is 32.3. The molecule has 0 radical (unpaired) electrons. The second-order valence-corrected chi connectivity index (χ2v) is 27.8. The number of anilines is 1. The lowest BCUT2D eigenvalue weighted by molar-refractivity contribution is 0.00720. The third-order valence-corrected chi connectivity index (χ3v) is 21.8. The highest BCUT2D eigenvalue weighted by Gasteiger charge is 2.52. The predicted octanol–water partition coefficient (Wildman–Crippen LogP) is 11.2. The number of rotatable bonds is 12. The molecule has 2 aromatic heterocycles. The fourth-order valence-electron chi connectivity index (χ4n) is 12.2. The van der Waals surface area contributed by atoms with Gasteiger partial charge < -0.3 is 23.8 Å². The van der Waals surface area contributed by atoms with Gasteiger partial charge in [0.25, 0.3) is 0 Å². The zero-order valence-corrected chi connectivity index (χ0v) is 42.6. The molecule has 1 aliphatic carbocycles. The van der Waals surface area contributed by atoms with E-state index in [2.05, 4.69) is 62.8 Å². The van der Waals surface area contributed by atoms with E-state index in [-0.39, 0.29) is 59.2 Å². The number of piperazine rings is 1. The number of carbonyl (C=O) groups is 1. The molecular weight excluding hydrogens is 886 g/mol. The van der Waals surface area contributed by atoms with Crippen molar-refractivity contribution in [1.82, 2.24) is 24.8 Å². The third kappa shape index (κ3) is 9.02. The minimum atomic E-state index is -2.34. The average Bonchev–Trinajstić information content (AvgIpc) is 3.99. The van der Waals surface area contributed by atoms with Crippen LogP contribution in [0.5, 0.6) is 11.8 Å². The molecule has 2 aromatic carbocycles. The van der Waals surface area contributed by atoms with Gasteiger partial charge in [-0.3, -0.25) is 9.80 Å². The Bertz CT molecular complexity index is 2620. The normalized spacial score (nSPS) is 22.4. The Morgan fingerprint density at radius 2 is 1.68 bits per heavy atom. The zero-order valence-electron chi connectivity index (χ0n) is 41.6. The van der Waals surface area contributed by atoms with E-state index < -0.39 is 31.5 Å². The number of methoxy groups -OCH3 is 1. The summed E-state index contributed by atoms with van der Waals surface area (Å²) in [4.78, 5) is 35.4. The summed E-state index contributed by atoms with van der Waals surface area (Å²) in [6.45, 7) is 21.6. The van der Waals surface area contributed by atoms with E-state index in [0.29, 0.717) is 101 Å². The smallest absolute Gasteiger partial charge is 0.410 e. The summed E-state index contributed by atoms with van der Waals surface area (Å²) in [6, 6.07) is 6.14. The molecule has 15 heteroatoms. The van der Waals surface area contributed by atoms with Crippen molar-refractivity contribution >= 4 is 41.7 Å². The molecule has 11 nitrogen and oxygen atoms in total. The summed E-state index contributed by atoms with van der Waals surface area (Å²) in [5, 5.41) is 1.55. The summed E-state index contributed by atoms with van der Waals surface area (Å²) < 4.78 is 73.2. The predicted molar refractivity (Wildman–Crippen MR) is 263 cm³/mol. The molecule has 4 aromatic rings. The molecular formula is C53H69F3N6O5Si. The van der Waals surface area contributed by atoms with Gasteiger partial charge in [0, 0.05) is 43.1 Å². The summed E-state index contributed by atoms with van der Waals surface area (Å²) in [5.74, 6) is 3.11. The van der Waals surface area contributed by atoms with Crippen LogP contribution in [0, 0.1) is 28.5 Å². The van der Waals surface area contributed by atoms with Gasteiger partial charge in [0.05, 0.1) is 41.4 Å².